The Balaban J connectivity index is 3.02. The van der Waals surface area contributed by atoms with Crippen LogP contribution in [0.2, 0.25) is 0 Å². The fraction of sp³-hybridized carbons (Fsp3) is 0.400. The molecule has 0 aliphatic heterocycles. The molecule has 1 aromatic rings. The van der Waals surface area contributed by atoms with Gasteiger partial charge in [0.1, 0.15) is 4.90 Å². The first-order chi connectivity index (χ1) is 8.21. The van der Waals surface area contributed by atoms with Crippen LogP contribution in [0.25, 0.3) is 0 Å². The second kappa shape index (κ2) is 5.68. The van der Waals surface area contributed by atoms with E-state index < -0.39 is 20.8 Å². The number of rotatable bonds is 5. The number of nitrogens with one attached hydrogen (secondary N) is 1. The summed E-state index contributed by atoms with van der Waals surface area (Å²) in [6.07, 6.45) is 1.60. The van der Waals surface area contributed by atoms with Crippen molar-refractivity contribution < 1.29 is 12.6 Å². The van der Waals surface area contributed by atoms with Gasteiger partial charge in [0.05, 0.1) is 11.4 Å². The van der Waals surface area contributed by atoms with Gasteiger partial charge in [-0.25, -0.2) is 13.6 Å². The SMILES string of the molecule is CC(CS(C)=O)Nc1cccc(S(N)(=O)=O)c1N. The number of nitrogen functional groups attached to an aromatic ring is 1. The zero-order valence-electron chi connectivity index (χ0n) is 10.2. The summed E-state index contributed by atoms with van der Waals surface area (Å²) >= 11 is 0. The molecule has 5 N–H and O–H groups in total. The first-order valence-corrected chi connectivity index (χ1v) is 8.47. The predicted octanol–water partition coefficient (Wildman–Crippen LogP) is 0.0951. The van der Waals surface area contributed by atoms with Gasteiger partial charge < -0.3 is 11.1 Å². The number of anilines is 2. The van der Waals surface area contributed by atoms with Crippen molar-refractivity contribution in [2.75, 3.05) is 23.1 Å². The zero-order chi connectivity index (χ0) is 13.9. The highest BCUT2D eigenvalue weighted by molar-refractivity contribution is 7.89. The van der Waals surface area contributed by atoms with E-state index in [0.29, 0.717) is 11.4 Å². The van der Waals surface area contributed by atoms with Crippen LogP contribution in [-0.2, 0) is 20.8 Å². The van der Waals surface area contributed by atoms with Gasteiger partial charge in [0, 0.05) is 28.9 Å². The Kier molecular flexibility index (Phi) is 4.71. The Hall–Kier alpha value is -1.12. The molecule has 0 aliphatic rings. The van der Waals surface area contributed by atoms with Crippen LogP contribution in [0.15, 0.2) is 23.1 Å². The Morgan fingerprint density at radius 1 is 1.44 bits per heavy atom. The van der Waals surface area contributed by atoms with Crippen molar-refractivity contribution in [3.63, 3.8) is 0 Å². The third-order valence-corrected chi connectivity index (χ3v) is 4.20. The molecule has 0 bridgehead atoms. The van der Waals surface area contributed by atoms with Crippen molar-refractivity contribution in [2.45, 2.75) is 17.9 Å². The number of para-hydroxylation sites is 1. The predicted molar refractivity (Wildman–Crippen MR) is 74.2 cm³/mol. The maximum atomic E-state index is 11.3. The number of hydrogen-bond acceptors (Lipinski definition) is 5. The lowest BCUT2D eigenvalue weighted by Crippen LogP contribution is -2.23. The molecule has 0 aromatic heterocycles. The molecule has 0 aliphatic carbocycles. The van der Waals surface area contributed by atoms with Crippen LogP contribution in [0, 0.1) is 0 Å². The van der Waals surface area contributed by atoms with Crippen LogP contribution in [0.1, 0.15) is 6.92 Å². The minimum absolute atomic E-state index is 0.0775. The van der Waals surface area contributed by atoms with E-state index in [0.717, 1.165) is 0 Å². The molecule has 8 heteroatoms. The van der Waals surface area contributed by atoms with E-state index in [1.807, 2.05) is 6.92 Å². The summed E-state index contributed by atoms with van der Waals surface area (Å²) in [5, 5.41) is 8.07. The number of nitrogens with two attached hydrogens (primary N) is 2. The average molecular weight is 291 g/mol. The summed E-state index contributed by atoms with van der Waals surface area (Å²) in [7, 11) is -4.78. The largest absolute Gasteiger partial charge is 0.396 e. The van der Waals surface area contributed by atoms with E-state index in [4.69, 9.17) is 10.9 Å². The molecule has 2 atom stereocenters. The highest BCUT2D eigenvalue weighted by Gasteiger charge is 2.15. The van der Waals surface area contributed by atoms with Gasteiger partial charge in [-0.1, -0.05) is 6.07 Å². The summed E-state index contributed by atoms with van der Waals surface area (Å²) in [6.45, 7) is 1.84. The van der Waals surface area contributed by atoms with Crippen molar-refractivity contribution in [3.05, 3.63) is 18.2 Å². The fourth-order valence-electron chi connectivity index (χ4n) is 1.58. The summed E-state index contributed by atoms with van der Waals surface area (Å²) in [5.74, 6) is 0.443. The normalized spacial score (nSPS) is 15.1. The van der Waals surface area contributed by atoms with E-state index in [1.165, 1.54) is 6.07 Å². The van der Waals surface area contributed by atoms with Crippen LogP contribution in [0.3, 0.4) is 0 Å². The van der Waals surface area contributed by atoms with Crippen molar-refractivity contribution >= 4 is 32.2 Å². The van der Waals surface area contributed by atoms with Crippen molar-refractivity contribution in [3.8, 4) is 0 Å². The zero-order valence-corrected chi connectivity index (χ0v) is 11.8. The molecule has 0 radical (unpaired) electrons. The maximum Gasteiger partial charge on any atom is 0.240 e. The fourth-order valence-corrected chi connectivity index (χ4v) is 3.05. The second-order valence-electron chi connectivity index (χ2n) is 4.05. The average Bonchev–Trinajstić information content (AvgIpc) is 2.18. The van der Waals surface area contributed by atoms with Gasteiger partial charge in [0.25, 0.3) is 0 Å². The highest BCUT2D eigenvalue weighted by Crippen LogP contribution is 2.26. The van der Waals surface area contributed by atoms with E-state index in [2.05, 4.69) is 5.32 Å². The van der Waals surface area contributed by atoms with Crippen LogP contribution >= 0.6 is 0 Å². The summed E-state index contributed by atoms with van der Waals surface area (Å²) < 4.78 is 33.7. The van der Waals surface area contributed by atoms with Gasteiger partial charge in [-0.3, -0.25) is 4.21 Å². The Morgan fingerprint density at radius 2 is 2.06 bits per heavy atom. The molecule has 102 valence electrons. The third-order valence-electron chi connectivity index (χ3n) is 2.26. The Labute approximate surface area is 109 Å². The van der Waals surface area contributed by atoms with E-state index in [1.54, 1.807) is 18.4 Å². The summed E-state index contributed by atoms with van der Waals surface area (Å²) in [4.78, 5) is -0.114. The molecule has 0 fully saturated rings. The van der Waals surface area contributed by atoms with Gasteiger partial charge in [-0.05, 0) is 19.1 Å². The standard InChI is InChI=1S/C10H17N3O3S2/c1-7(6-17(2)14)13-8-4-3-5-9(10(8)11)18(12,15)16/h3-5,7,13H,6,11H2,1-2H3,(H2,12,15,16). The van der Waals surface area contributed by atoms with Gasteiger partial charge in [-0.2, -0.15) is 0 Å². The molecule has 1 rings (SSSR count). The first-order valence-electron chi connectivity index (χ1n) is 5.19. The van der Waals surface area contributed by atoms with Gasteiger partial charge >= 0.3 is 0 Å². The van der Waals surface area contributed by atoms with Gasteiger partial charge in [0.15, 0.2) is 0 Å². The lowest BCUT2D eigenvalue weighted by molar-refractivity contribution is 0.598. The molecule has 2 unspecified atom stereocenters. The summed E-state index contributed by atoms with van der Waals surface area (Å²) in [6, 6.07) is 4.46. The molecule has 0 amide bonds. The first kappa shape index (κ1) is 14.9. The van der Waals surface area contributed by atoms with Crippen LogP contribution < -0.4 is 16.2 Å². The molecule has 0 heterocycles. The van der Waals surface area contributed by atoms with Gasteiger partial charge in [-0.15, -0.1) is 0 Å². The van der Waals surface area contributed by atoms with E-state index in [-0.39, 0.29) is 16.6 Å². The number of primary sulfonamides is 1. The monoisotopic (exact) mass is 291 g/mol. The smallest absolute Gasteiger partial charge is 0.240 e. The van der Waals surface area contributed by atoms with Crippen molar-refractivity contribution in [1.29, 1.82) is 0 Å². The van der Waals surface area contributed by atoms with Crippen LogP contribution in [0.4, 0.5) is 11.4 Å². The molecule has 18 heavy (non-hydrogen) atoms. The topological polar surface area (TPSA) is 115 Å². The molecule has 0 saturated carbocycles. The van der Waals surface area contributed by atoms with E-state index in [9.17, 15) is 12.6 Å². The quantitative estimate of drug-likeness (QED) is 0.665. The van der Waals surface area contributed by atoms with Crippen molar-refractivity contribution in [1.82, 2.24) is 0 Å². The third kappa shape index (κ3) is 3.97. The maximum absolute atomic E-state index is 11.3. The number of benzene rings is 1. The molecular weight excluding hydrogens is 274 g/mol. The molecule has 0 spiro atoms. The Bertz CT molecular complexity index is 557. The number of sulfonamides is 1. The highest BCUT2D eigenvalue weighted by atomic mass is 32.2. The lowest BCUT2D eigenvalue weighted by Gasteiger charge is -2.16. The molecular formula is C10H17N3O3S2. The second-order valence-corrected chi connectivity index (χ2v) is 7.06. The van der Waals surface area contributed by atoms with Crippen molar-refractivity contribution in [2.24, 2.45) is 5.14 Å². The molecule has 6 nitrogen and oxygen atoms in total. The summed E-state index contributed by atoms with van der Waals surface area (Å²) in [5.41, 5.74) is 6.30. The van der Waals surface area contributed by atoms with Crippen LogP contribution in [0.5, 0.6) is 0 Å². The Morgan fingerprint density at radius 3 is 2.56 bits per heavy atom. The number of hydrogen-bond donors (Lipinski definition) is 3. The molecule has 0 saturated heterocycles. The van der Waals surface area contributed by atoms with E-state index >= 15 is 0 Å². The van der Waals surface area contributed by atoms with Gasteiger partial charge in [0.2, 0.25) is 10.0 Å². The minimum atomic E-state index is -3.84. The van der Waals surface area contributed by atoms with Crippen LogP contribution in [-0.4, -0.2) is 30.7 Å². The lowest BCUT2D eigenvalue weighted by atomic mass is 10.2. The molecule has 1 aromatic carbocycles. The minimum Gasteiger partial charge on any atom is -0.396 e.